The van der Waals surface area contributed by atoms with E-state index in [0.29, 0.717) is 5.75 Å². The van der Waals surface area contributed by atoms with E-state index in [2.05, 4.69) is 15.4 Å². The monoisotopic (exact) mass is 277 g/mol. The Morgan fingerprint density at radius 1 is 1.40 bits per heavy atom. The number of nitro benzene ring substituents is 1. The van der Waals surface area contributed by atoms with E-state index in [4.69, 9.17) is 15.3 Å². The number of nitrogens with two attached hydrogens (primary N) is 1. The lowest BCUT2D eigenvalue weighted by molar-refractivity contribution is -0.385. The lowest BCUT2D eigenvalue weighted by Crippen LogP contribution is -2.10. The van der Waals surface area contributed by atoms with Crippen molar-refractivity contribution >= 4 is 11.6 Å². The van der Waals surface area contributed by atoms with Gasteiger partial charge in [-0.1, -0.05) is 0 Å². The molecule has 0 aliphatic carbocycles. The van der Waals surface area contributed by atoms with Gasteiger partial charge in [-0.15, -0.1) is 0 Å². The van der Waals surface area contributed by atoms with Crippen LogP contribution in [0.2, 0.25) is 0 Å². The van der Waals surface area contributed by atoms with Gasteiger partial charge in [0.25, 0.3) is 0 Å². The van der Waals surface area contributed by atoms with Crippen LogP contribution in [0.4, 0.5) is 11.6 Å². The van der Waals surface area contributed by atoms with Gasteiger partial charge in [-0.3, -0.25) is 15.5 Å². The molecule has 1 aromatic carbocycles. The summed E-state index contributed by atoms with van der Waals surface area (Å²) >= 11 is 0. The highest BCUT2D eigenvalue weighted by Crippen LogP contribution is 2.33. The van der Waals surface area contributed by atoms with Crippen molar-refractivity contribution in [2.24, 2.45) is 5.84 Å². The second-order valence-electron chi connectivity index (χ2n) is 3.56. The average Bonchev–Trinajstić information content (AvgIpc) is 2.47. The van der Waals surface area contributed by atoms with E-state index in [1.807, 2.05) is 0 Å². The average molecular weight is 277 g/mol. The van der Waals surface area contributed by atoms with Gasteiger partial charge < -0.3 is 9.47 Å². The van der Waals surface area contributed by atoms with Crippen LogP contribution in [0.5, 0.6) is 17.4 Å². The molecule has 2 aromatic rings. The molecule has 0 fully saturated rings. The number of methoxy groups -OCH3 is 1. The molecule has 0 spiro atoms. The summed E-state index contributed by atoms with van der Waals surface area (Å²) in [5.74, 6) is 5.86. The predicted molar refractivity (Wildman–Crippen MR) is 69.6 cm³/mol. The second kappa shape index (κ2) is 5.80. The molecule has 20 heavy (non-hydrogen) atoms. The van der Waals surface area contributed by atoms with Crippen LogP contribution in [0.1, 0.15) is 0 Å². The number of hydrogen-bond acceptors (Lipinski definition) is 8. The Hall–Kier alpha value is -2.94. The molecule has 0 atom stereocenters. The number of nitrogens with zero attached hydrogens (tertiary/aromatic N) is 3. The van der Waals surface area contributed by atoms with Crippen LogP contribution >= 0.6 is 0 Å². The zero-order valence-electron chi connectivity index (χ0n) is 10.4. The number of hydrogen-bond donors (Lipinski definition) is 2. The van der Waals surface area contributed by atoms with Gasteiger partial charge in [0.05, 0.1) is 12.0 Å². The Labute approximate surface area is 113 Å². The quantitative estimate of drug-likeness (QED) is 0.478. The number of hydrazine groups is 1. The van der Waals surface area contributed by atoms with E-state index < -0.39 is 4.92 Å². The van der Waals surface area contributed by atoms with E-state index in [1.165, 1.54) is 37.6 Å². The zero-order valence-corrected chi connectivity index (χ0v) is 10.4. The van der Waals surface area contributed by atoms with E-state index in [9.17, 15) is 10.1 Å². The molecule has 2 rings (SSSR count). The van der Waals surface area contributed by atoms with Crippen LogP contribution < -0.4 is 20.7 Å². The summed E-state index contributed by atoms with van der Waals surface area (Å²) in [5, 5.41) is 11.0. The summed E-state index contributed by atoms with van der Waals surface area (Å²) in [5.41, 5.74) is 2.05. The maximum absolute atomic E-state index is 11.0. The van der Waals surface area contributed by atoms with Crippen molar-refractivity contribution in [2.75, 3.05) is 12.5 Å². The van der Waals surface area contributed by atoms with Gasteiger partial charge in [-0.05, 0) is 6.07 Å². The number of aromatic nitrogens is 2. The van der Waals surface area contributed by atoms with Gasteiger partial charge in [-0.2, -0.15) is 4.98 Å². The number of nitrogen functional groups attached to an aromatic ring is 1. The first-order valence-electron chi connectivity index (χ1n) is 5.44. The van der Waals surface area contributed by atoms with Crippen molar-refractivity contribution in [3.05, 3.63) is 40.6 Å². The van der Waals surface area contributed by atoms with Crippen molar-refractivity contribution in [3.63, 3.8) is 0 Å². The minimum atomic E-state index is -0.557. The Morgan fingerprint density at radius 3 is 2.85 bits per heavy atom. The summed E-state index contributed by atoms with van der Waals surface area (Å²) in [7, 11) is 1.45. The molecule has 104 valence electrons. The molecule has 0 saturated heterocycles. The molecule has 9 heteroatoms. The van der Waals surface area contributed by atoms with Gasteiger partial charge in [0.2, 0.25) is 17.6 Å². The molecular weight excluding hydrogens is 266 g/mol. The highest BCUT2D eigenvalue weighted by molar-refractivity contribution is 5.52. The lowest BCUT2D eigenvalue weighted by Gasteiger charge is -2.07. The molecular formula is C11H11N5O4. The van der Waals surface area contributed by atoms with Crippen LogP contribution in [0.3, 0.4) is 0 Å². The number of ether oxygens (including phenoxy) is 2. The highest BCUT2D eigenvalue weighted by atomic mass is 16.6. The molecule has 3 N–H and O–H groups in total. The van der Waals surface area contributed by atoms with E-state index >= 15 is 0 Å². The summed E-state index contributed by atoms with van der Waals surface area (Å²) < 4.78 is 10.4. The fourth-order valence-corrected chi connectivity index (χ4v) is 1.44. The summed E-state index contributed by atoms with van der Waals surface area (Å²) in [6.07, 6.45) is 1.41. The van der Waals surface area contributed by atoms with Crippen molar-refractivity contribution < 1.29 is 14.4 Å². The number of anilines is 1. The third kappa shape index (κ3) is 2.90. The van der Waals surface area contributed by atoms with Crippen molar-refractivity contribution in [1.29, 1.82) is 0 Å². The van der Waals surface area contributed by atoms with Crippen molar-refractivity contribution in [1.82, 2.24) is 9.97 Å². The van der Waals surface area contributed by atoms with Gasteiger partial charge in [-0.25, -0.2) is 10.8 Å². The standard InChI is InChI=1S/C11H11N5O4/c1-19-7-2-3-8(16(17)18)9(6-7)20-10-4-5-13-11(14-10)15-12/h2-6H,12H2,1H3,(H,13,14,15). The number of benzene rings is 1. The number of nitro groups is 1. The van der Waals surface area contributed by atoms with Crippen LogP contribution in [0.25, 0.3) is 0 Å². The van der Waals surface area contributed by atoms with Gasteiger partial charge in [0, 0.05) is 24.4 Å². The molecule has 9 nitrogen and oxygen atoms in total. The first kappa shape index (κ1) is 13.5. The van der Waals surface area contributed by atoms with Gasteiger partial charge >= 0.3 is 5.69 Å². The normalized spacial score (nSPS) is 9.90. The maximum atomic E-state index is 11.0. The zero-order chi connectivity index (χ0) is 14.5. The van der Waals surface area contributed by atoms with Crippen molar-refractivity contribution in [2.45, 2.75) is 0 Å². The predicted octanol–water partition coefficient (Wildman–Crippen LogP) is 1.47. The Bertz CT molecular complexity index is 634. The molecule has 0 aliphatic rings. The van der Waals surface area contributed by atoms with E-state index in [0.717, 1.165) is 0 Å². The molecule has 1 aromatic heterocycles. The largest absolute Gasteiger partial charge is 0.497 e. The topological polar surface area (TPSA) is 125 Å². The smallest absolute Gasteiger partial charge is 0.311 e. The highest BCUT2D eigenvalue weighted by Gasteiger charge is 2.17. The second-order valence-corrected chi connectivity index (χ2v) is 3.56. The Balaban J connectivity index is 2.37. The summed E-state index contributed by atoms with van der Waals surface area (Å²) in [6, 6.07) is 5.61. The minimum Gasteiger partial charge on any atom is -0.497 e. The van der Waals surface area contributed by atoms with Crippen LogP contribution in [0.15, 0.2) is 30.5 Å². The van der Waals surface area contributed by atoms with Gasteiger partial charge in [0.1, 0.15) is 5.75 Å². The third-order valence-electron chi connectivity index (χ3n) is 2.34. The van der Waals surface area contributed by atoms with Crippen LogP contribution in [-0.4, -0.2) is 22.0 Å². The van der Waals surface area contributed by atoms with E-state index in [1.54, 1.807) is 0 Å². The Kier molecular flexibility index (Phi) is 3.91. The Morgan fingerprint density at radius 2 is 2.20 bits per heavy atom. The fourth-order valence-electron chi connectivity index (χ4n) is 1.44. The minimum absolute atomic E-state index is 0.0102. The molecule has 0 saturated carbocycles. The first-order chi connectivity index (χ1) is 9.63. The van der Waals surface area contributed by atoms with Crippen LogP contribution in [0, 0.1) is 10.1 Å². The summed E-state index contributed by atoms with van der Waals surface area (Å²) in [6.45, 7) is 0. The number of rotatable bonds is 5. The SMILES string of the molecule is COc1ccc([N+](=O)[O-])c(Oc2ccnc(NN)n2)c1. The first-order valence-corrected chi connectivity index (χ1v) is 5.44. The molecule has 0 unspecified atom stereocenters. The number of nitrogens with one attached hydrogen (secondary N) is 1. The van der Waals surface area contributed by atoms with Crippen LogP contribution in [-0.2, 0) is 0 Å². The molecule has 0 radical (unpaired) electrons. The van der Waals surface area contributed by atoms with Gasteiger partial charge in [0.15, 0.2) is 0 Å². The molecule has 0 aliphatic heterocycles. The van der Waals surface area contributed by atoms with E-state index in [-0.39, 0.29) is 23.3 Å². The molecule has 1 heterocycles. The van der Waals surface area contributed by atoms with Crippen molar-refractivity contribution in [3.8, 4) is 17.4 Å². The summed E-state index contributed by atoms with van der Waals surface area (Å²) in [4.78, 5) is 18.1. The molecule has 0 bridgehead atoms. The fraction of sp³-hybridized carbons (Fsp3) is 0.0909. The maximum Gasteiger partial charge on any atom is 0.311 e. The third-order valence-corrected chi connectivity index (χ3v) is 2.34. The molecule has 0 amide bonds. The lowest BCUT2D eigenvalue weighted by atomic mass is 10.3.